The molecule has 3 nitrogen and oxygen atoms in total. The average molecular weight is 225 g/mol. The Balaban J connectivity index is 2.55. The van der Waals surface area contributed by atoms with Gasteiger partial charge in [0.25, 0.3) is 5.91 Å². The quantitative estimate of drug-likeness (QED) is 0.748. The van der Waals surface area contributed by atoms with Crippen LogP contribution >= 0.6 is 0 Å². The molecule has 1 rings (SSSR count). The van der Waals surface area contributed by atoms with E-state index in [0.29, 0.717) is 18.5 Å². The predicted molar refractivity (Wildman–Crippen MR) is 59.8 cm³/mol. The molecule has 0 spiro atoms. The molecular formula is C12H16FNO2. The van der Waals surface area contributed by atoms with Gasteiger partial charge in [-0.15, -0.1) is 0 Å². The maximum Gasteiger partial charge on any atom is 0.251 e. The number of carbonyl (C=O) groups excluding carboxylic acids is 1. The lowest BCUT2D eigenvalue weighted by atomic mass is 10.1. The lowest BCUT2D eigenvalue weighted by molar-refractivity contribution is 0.0951. The number of aryl methyl sites for hydroxylation is 1. The first-order chi connectivity index (χ1) is 7.65. The highest BCUT2D eigenvalue weighted by Gasteiger charge is 2.08. The standard InChI is InChI=1S/C12H16FNO2/c1-9-4-5-10(13)8-11(9)12(16)14-6-2-3-7-15/h4-5,8,15H,2-3,6-7H2,1H3,(H,14,16). The molecule has 0 unspecified atom stereocenters. The number of amides is 1. The number of hydrogen-bond acceptors (Lipinski definition) is 2. The van der Waals surface area contributed by atoms with E-state index in [4.69, 9.17) is 5.11 Å². The normalized spacial score (nSPS) is 10.2. The van der Waals surface area contributed by atoms with E-state index in [9.17, 15) is 9.18 Å². The smallest absolute Gasteiger partial charge is 0.251 e. The van der Waals surface area contributed by atoms with E-state index in [1.54, 1.807) is 13.0 Å². The molecule has 0 saturated carbocycles. The van der Waals surface area contributed by atoms with Crippen LogP contribution in [-0.4, -0.2) is 24.2 Å². The number of carbonyl (C=O) groups is 1. The van der Waals surface area contributed by atoms with Crippen LogP contribution in [0.3, 0.4) is 0 Å². The Morgan fingerprint density at radius 1 is 1.44 bits per heavy atom. The predicted octanol–water partition coefficient (Wildman–Crippen LogP) is 1.64. The summed E-state index contributed by atoms with van der Waals surface area (Å²) in [5.74, 6) is -0.680. The van der Waals surface area contributed by atoms with Crippen molar-refractivity contribution in [3.63, 3.8) is 0 Å². The summed E-state index contributed by atoms with van der Waals surface area (Å²) in [7, 11) is 0. The zero-order valence-electron chi connectivity index (χ0n) is 9.29. The second kappa shape index (κ2) is 6.23. The Kier molecular flexibility index (Phi) is 4.92. The highest BCUT2D eigenvalue weighted by molar-refractivity contribution is 5.95. The first-order valence-electron chi connectivity index (χ1n) is 5.30. The number of halogens is 1. The van der Waals surface area contributed by atoms with E-state index in [1.807, 2.05) is 0 Å². The van der Waals surface area contributed by atoms with Crippen LogP contribution in [0.1, 0.15) is 28.8 Å². The Hall–Kier alpha value is -1.42. The SMILES string of the molecule is Cc1ccc(F)cc1C(=O)NCCCCO. The summed E-state index contributed by atoms with van der Waals surface area (Å²) < 4.78 is 12.9. The minimum absolute atomic E-state index is 0.120. The van der Waals surface area contributed by atoms with Gasteiger partial charge < -0.3 is 10.4 Å². The molecule has 0 aliphatic carbocycles. The first kappa shape index (κ1) is 12.6. The molecule has 0 saturated heterocycles. The fourth-order valence-electron chi connectivity index (χ4n) is 1.37. The molecule has 0 bridgehead atoms. The van der Waals surface area contributed by atoms with E-state index >= 15 is 0 Å². The lowest BCUT2D eigenvalue weighted by Gasteiger charge is -2.07. The van der Waals surface area contributed by atoms with Crippen molar-refractivity contribution in [2.45, 2.75) is 19.8 Å². The maximum absolute atomic E-state index is 12.9. The van der Waals surface area contributed by atoms with Gasteiger partial charge in [-0.05, 0) is 37.5 Å². The van der Waals surface area contributed by atoms with Gasteiger partial charge >= 0.3 is 0 Å². The number of unbranched alkanes of at least 4 members (excludes halogenated alkanes) is 1. The van der Waals surface area contributed by atoms with Gasteiger partial charge in [-0.2, -0.15) is 0 Å². The van der Waals surface area contributed by atoms with E-state index in [-0.39, 0.29) is 12.5 Å². The summed E-state index contributed by atoms with van der Waals surface area (Å²) in [5.41, 5.74) is 1.12. The van der Waals surface area contributed by atoms with Crippen molar-refractivity contribution < 1.29 is 14.3 Å². The number of hydrogen-bond donors (Lipinski definition) is 2. The number of rotatable bonds is 5. The summed E-state index contributed by atoms with van der Waals surface area (Å²) in [6.45, 7) is 2.38. The average Bonchev–Trinajstić information content (AvgIpc) is 2.27. The highest BCUT2D eigenvalue weighted by Crippen LogP contribution is 2.09. The highest BCUT2D eigenvalue weighted by atomic mass is 19.1. The number of aliphatic hydroxyl groups excluding tert-OH is 1. The van der Waals surface area contributed by atoms with Crippen molar-refractivity contribution in [1.29, 1.82) is 0 Å². The van der Waals surface area contributed by atoms with Gasteiger partial charge in [-0.25, -0.2) is 4.39 Å². The third kappa shape index (κ3) is 3.62. The number of benzene rings is 1. The monoisotopic (exact) mass is 225 g/mol. The van der Waals surface area contributed by atoms with Crippen molar-refractivity contribution >= 4 is 5.91 Å². The minimum atomic E-state index is -0.411. The molecule has 1 amide bonds. The third-order valence-electron chi connectivity index (χ3n) is 2.31. The van der Waals surface area contributed by atoms with Crippen LogP contribution in [0.5, 0.6) is 0 Å². The molecule has 0 aliphatic heterocycles. The zero-order valence-corrected chi connectivity index (χ0v) is 9.29. The van der Waals surface area contributed by atoms with Gasteiger partial charge in [-0.1, -0.05) is 6.07 Å². The van der Waals surface area contributed by atoms with Crippen molar-refractivity contribution in [2.24, 2.45) is 0 Å². The van der Waals surface area contributed by atoms with Gasteiger partial charge in [0.1, 0.15) is 5.82 Å². The zero-order chi connectivity index (χ0) is 12.0. The second-order valence-corrected chi connectivity index (χ2v) is 3.65. The van der Waals surface area contributed by atoms with E-state index in [1.165, 1.54) is 12.1 Å². The Morgan fingerprint density at radius 2 is 2.19 bits per heavy atom. The van der Waals surface area contributed by atoms with Crippen molar-refractivity contribution in [2.75, 3.05) is 13.2 Å². The molecule has 1 aromatic rings. The molecule has 0 heterocycles. The van der Waals surface area contributed by atoms with Gasteiger partial charge in [0.05, 0.1) is 0 Å². The van der Waals surface area contributed by atoms with Crippen LogP contribution < -0.4 is 5.32 Å². The summed E-state index contributed by atoms with van der Waals surface area (Å²) in [4.78, 5) is 11.6. The van der Waals surface area contributed by atoms with E-state index < -0.39 is 5.82 Å². The summed E-state index contributed by atoms with van der Waals surface area (Å²) >= 11 is 0. The van der Waals surface area contributed by atoms with Gasteiger partial charge in [0.2, 0.25) is 0 Å². The summed E-state index contributed by atoms with van der Waals surface area (Å²) in [6.07, 6.45) is 1.37. The lowest BCUT2D eigenvalue weighted by Crippen LogP contribution is -2.25. The Labute approximate surface area is 94.3 Å². The fraction of sp³-hybridized carbons (Fsp3) is 0.417. The molecule has 0 fully saturated rings. The van der Waals surface area contributed by atoms with E-state index in [0.717, 1.165) is 12.0 Å². The first-order valence-corrected chi connectivity index (χ1v) is 5.30. The van der Waals surface area contributed by atoms with Crippen molar-refractivity contribution in [3.8, 4) is 0 Å². The summed E-state index contributed by atoms with van der Waals surface area (Å²) in [5, 5.41) is 11.3. The number of nitrogens with one attached hydrogen (secondary N) is 1. The third-order valence-corrected chi connectivity index (χ3v) is 2.31. The minimum Gasteiger partial charge on any atom is -0.396 e. The Morgan fingerprint density at radius 3 is 2.88 bits per heavy atom. The van der Waals surface area contributed by atoms with Crippen LogP contribution in [0.15, 0.2) is 18.2 Å². The molecule has 0 radical (unpaired) electrons. The van der Waals surface area contributed by atoms with Crippen LogP contribution in [0.2, 0.25) is 0 Å². The molecule has 0 aromatic heterocycles. The fourth-order valence-corrected chi connectivity index (χ4v) is 1.37. The molecule has 1 aromatic carbocycles. The topological polar surface area (TPSA) is 49.3 Å². The molecule has 4 heteroatoms. The van der Waals surface area contributed by atoms with Crippen LogP contribution in [0.25, 0.3) is 0 Å². The maximum atomic E-state index is 12.9. The van der Waals surface area contributed by atoms with Crippen LogP contribution in [-0.2, 0) is 0 Å². The second-order valence-electron chi connectivity index (χ2n) is 3.65. The van der Waals surface area contributed by atoms with Gasteiger partial charge in [0, 0.05) is 18.7 Å². The van der Waals surface area contributed by atoms with Crippen molar-refractivity contribution in [3.05, 3.63) is 35.1 Å². The van der Waals surface area contributed by atoms with Gasteiger partial charge in [-0.3, -0.25) is 4.79 Å². The molecule has 0 atom stereocenters. The largest absolute Gasteiger partial charge is 0.396 e. The van der Waals surface area contributed by atoms with E-state index in [2.05, 4.69) is 5.32 Å². The van der Waals surface area contributed by atoms with Gasteiger partial charge in [0.15, 0.2) is 0 Å². The number of aliphatic hydroxyl groups is 1. The van der Waals surface area contributed by atoms with Crippen LogP contribution in [0.4, 0.5) is 4.39 Å². The molecule has 0 aliphatic rings. The summed E-state index contributed by atoms with van der Waals surface area (Å²) in [6, 6.07) is 4.15. The van der Waals surface area contributed by atoms with Crippen LogP contribution in [0, 0.1) is 12.7 Å². The van der Waals surface area contributed by atoms with Crippen molar-refractivity contribution in [1.82, 2.24) is 5.32 Å². The molecule has 2 N–H and O–H groups in total. The Bertz CT molecular complexity index is 366. The molecular weight excluding hydrogens is 209 g/mol. The molecule has 16 heavy (non-hydrogen) atoms. The molecule has 88 valence electrons.